The van der Waals surface area contributed by atoms with Crippen molar-refractivity contribution < 1.29 is 29.0 Å². The number of nitrogens with one attached hydrogen (secondary N) is 2. The van der Waals surface area contributed by atoms with Gasteiger partial charge >= 0.3 is 12.1 Å². The fraction of sp³-hybridized carbons (Fsp3) is 0.423. The summed E-state index contributed by atoms with van der Waals surface area (Å²) in [6.07, 6.45) is 0.0533. The minimum Gasteiger partial charge on any atom is -0.481 e. The molecular formula is C26H30N2O6. The fourth-order valence-corrected chi connectivity index (χ4v) is 4.66. The Balaban J connectivity index is 1.24. The average molecular weight is 467 g/mol. The molecule has 1 aliphatic carbocycles. The first kappa shape index (κ1) is 23.8. The molecule has 1 unspecified atom stereocenters. The van der Waals surface area contributed by atoms with Gasteiger partial charge in [0.15, 0.2) is 0 Å². The summed E-state index contributed by atoms with van der Waals surface area (Å²) < 4.78 is 11.0. The number of hydrogen-bond acceptors (Lipinski definition) is 5. The molecular weight excluding hydrogens is 436 g/mol. The smallest absolute Gasteiger partial charge is 0.407 e. The van der Waals surface area contributed by atoms with Crippen LogP contribution in [0.5, 0.6) is 0 Å². The van der Waals surface area contributed by atoms with Crippen LogP contribution < -0.4 is 10.6 Å². The average Bonchev–Trinajstić information content (AvgIpc) is 3.45. The molecule has 1 aliphatic heterocycles. The number of benzene rings is 2. The van der Waals surface area contributed by atoms with Gasteiger partial charge in [0.25, 0.3) is 0 Å². The zero-order valence-electron chi connectivity index (χ0n) is 19.2. The summed E-state index contributed by atoms with van der Waals surface area (Å²) in [4.78, 5) is 35.9. The van der Waals surface area contributed by atoms with Crippen molar-refractivity contribution in [2.45, 2.75) is 31.8 Å². The molecule has 8 nitrogen and oxygen atoms in total. The van der Waals surface area contributed by atoms with Crippen LogP contribution in [0.15, 0.2) is 48.5 Å². The van der Waals surface area contributed by atoms with E-state index in [9.17, 15) is 14.4 Å². The molecule has 1 fully saturated rings. The molecule has 2 aliphatic rings. The van der Waals surface area contributed by atoms with Crippen LogP contribution in [-0.2, 0) is 19.1 Å². The quantitative estimate of drug-likeness (QED) is 0.523. The maximum Gasteiger partial charge on any atom is 0.407 e. The molecule has 2 aromatic carbocycles. The molecule has 2 amide bonds. The van der Waals surface area contributed by atoms with Crippen LogP contribution in [0.25, 0.3) is 11.1 Å². The molecule has 8 heteroatoms. The van der Waals surface area contributed by atoms with E-state index in [0.717, 1.165) is 22.3 Å². The van der Waals surface area contributed by atoms with Crippen LogP contribution in [-0.4, -0.2) is 55.5 Å². The van der Waals surface area contributed by atoms with E-state index in [0.29, 0.717) is 12.8 Å². The van der Waals surface area contributed by atoms with Gasteiger partial charge in [0.2, 0.25) is 5.91 Å². The Hall–Kier alpha value is -3.39. The van der Waals surface area contributed by atoms with Gasteiger partial charge in [0.1, 0.15) is 6.61 Å². The van der Waals surface area contributed by atoms with Gasteiger partial charge in [-0.2, -0.15) is 0 Å². The molecule has 180 valence electrons. The van der Waals surface area contributed by atoms with Crippen LogP contribution in [0.4, 0.5) is 4.79 Å². The van der Waals surface area contributed by atoms with Gasteiger partial charge in [-0.25, -0.2) is 4.79 Å². The zero-order chi connectivity index (χ0) is 24.1. The maximum absolute atomic E-state index is 12.5. The number of ether oxygens (including phenoxy) is 2. The normalized spacial score (nSPS) is 19.7. The topological polar surface area (TPSA) is 114 Å². The van der Waals surface area contributed by atoms with Crippen LogP contribution in [0, 0.1) is 11.8 Å². The third-order valence-electron chi connectivity index (χ3n) is 6.63. The molecule has 0 spiro atoms. The van der Waals surface area contributed by atoms with E-state index in [2.05, 4.69) is 34.9 Å². The number of carbonyl (C=O) groups excluding carboxylic acids is 2. The van der Waals surface area contributed by atoms with Gasteiger partial charge in [-0.05, 0) is 35.1 Å². The molecule has 34 heavy (non-hydrogen) atoms. The zero-order valence-corrected chi connectivity index (χ0v) is 19.2. The number of amides is 2. The first-order chi connectivity index (χ1) is 16.5. The van der Waals surface area contributed by atoms with E-state index >= 15 is 0 Å². The molecule has 3 N–H and O–H groups in total. The lowest BCUT2D eigenvalue weighted by Crippen LogP contribution is -2.41. The van der Waals surface area contributed by atoms with Crippen molar-refractivity contribution in [2.24, 2.45) is 11.8 Å². The maximum atomic E-state index is 12.5. The second-order valence-electron chi connectivity index (χ2n) is 8.78. The van der Waals surface area contributed by atoms with Crippen molar-refractivity contribution in [1.29, 1.82) is 0 Å². The van der Waals surface area contributed by atoms with Crippen molar-refractivity contribution in [3.8, 4) is 11.1 Å². The Labute approximate surface area is 198 Å². The molecule has 3 atom stereocenters. The fourth-order valence-electron chi connectivity index (χ4n) is 4.66. The van der Waals surface area contributed by atoms with E-state index in [1.807, 2.05) is 31.2 Å². The first-order valence-corrected chi connectivity index (χ1v) is 11.7. The van der Waals surface area contributed by atoms with Gasteiger partial charge in [-0.1, -0.05) is 55.5 Å². The summed E-state index contributed by atoms with van der Waals surface area (Å²) in [5.41, 5.74) is 4.61. The summed E-state index contributed by atoms with van der Waals surface area (Å²) >= 11 is 0. The molecule has 0 aromatic heterocycles. The highest BCUT2D eigenvalue weighted by Crippen LogP contribution is 2.44. The van der Waals surface area contributed by atoms with Gasteiger partial charge in [-0.3, -0.25) is 9.59 Å². The summed E-state index contributed by atoms with van der Waals surface area (Å²) in [6.45, 7) is 2.66. The Morgan fingerprint density at radius 2 is 1.71 bits per heavy atom. The molecule has 2 aromatic rings. The number of alkyl carbamates (subject to hydrolysis) is 1. The lowest BCUT2D eigenvalue weighted by atomic mass is 9.98. The van der Waals surface area contributed by atoms with Crippen molar-refractivity contribution in [3.63, 3.8) is 0 Å². The molecule has 1 heterocycles. The summed E-state index contributed by atoms with van der Waals surface area (Å²) in [5, 5.41) is 14.6. The third kappa shape index (κ3) is 5.22. The highest BCUT2D eigenvalue weighted by atomic mass is 16.5. The van der Waals surface area contributed by atoms with Crippen LogP contribution >= 0.6 is 0 Å². The number of carbonyl (C=O) groups is 3. The number of carboxylic acid groups (broad SMARTS) is 1. The molecule has 0 radical (unpaired) electrons. The van der Waals surface area contributed by atoms with E-state index in [1.165, 1.54) is 0 Å². The largest absolute Gasteiger partial charge is 0.481 e. The van der Waals surface area contributed by atoms with E-state index in [-0.39, 0.29) is 44.2 Å². The Morgan fingerprint density at radius 1 is 1.06 bits per heavy atom. The third-order valence-corrected chi connectivity index (χ3v) is 6.63. The highest BCUT2D eigenvalue weighted by molar-refractivity contribution is 5.80. The SMILES string of the molecule is CCC(CNC(=O)OCC1c2ccccc2-c2ccccc21)C(=O)NC[C@H]1C[C@@H](C(=O)O)CO1. The standard InChI is InChI=1S/C26H30N2O6/c1-2-16(24(29)27-13-18-11-17(14-33-18)25(30)31)12-28-26(32)34-15-23-21-9-5-3-7-19(21)20-8-4-6-10-22(20)23/h3-10,16-18,23H,2,11-15H2,1H3,(H,27,29)(H,28,32)(H,30,31)/t16?,17-,18-/m1/s1. The number of fused-ring (bicyclic) bond motifs is 3. The van der Waals surface area contributed by atoms with Crippen molar-refractivity contribution in [1.82, 2.24) is 10.6 Å². The minimum absolute atomic E-state index is 0.0236. The first-order valence-electron chi connectivity index (χ1n) is 11.7. The molecule has 0 bridgehead atoms. The number of hydrogen-bond donors (Lipinski definition) is 3. The summed E-state index contributed by atoms with van der Waals surface area (Å²) in [6, 6.07) is 16.3. The number of aliphatic carboxylic acids is 1. The Kier molecular flexibility index (Phi) is 7.47. The van der Waals surface area contributed by atoms with Crippen LogP contribution in [0.2, 0.25) is 0 Å². The number of rotatable bonds is 9. The minimum atomic E-state index is -0.882. The van der Waals surface area contributed by atoms with Crippen molar-refractivity contribution in [2.75, 3.05) is 26.3 Å². The monoisotopic (exact) mass is 466 g/mol. The van der Waals surface area contributed by atoms with E-state index < -0.39 is 23.9 Å². The molecule has 4 rings (SSSR count). The van der Waals surface area contributed by atoms with Gasteiger partial charge in [0, 0.05) is 19.0 Å². The highest BCUT2D eigenvalue weighted by Gasteiger charge is 2.31. The molecule has 0 saturated carbocycles. The van der Waals surface area contributed by atoms with Crippen LogP contribution in [0.3, 0.4) is 0 Å². The second-order valence-corrected chi connectivity index (χ2v) is 8.78. The second kappa shape index (κ2) is 10.7. The van der Waals surface area contributed by atoms with E-state index in [1.54, 1.807) is 0 Å². The molecule has 1 saturated heterocycles. The lowest BCUT2D eigenvalue weighted by molar-refractivity contribution is -0.141. The van der Waals surface area contributed by atoms with E-state index in [4.69, 9.17) is 14.6 Å². The van der Waals surface area contributed by atoms with Crippen molar-refractivity contribution >= 4 is 18.0 Å². The lowest BCUT2D eigenvalue weighted by Gasteiger charge is -2.18. The number of carboxylic acids is 1. The van der Waals surface area contributed by atoms with Gasteiger partial charge < -0.3 is 25.2 Å². The predicted molar refractivity (Wildman–Crippen MR) is 125 cm³/mol. The Bertz CT molecular complexity index is 1010. The van der Waals surface area contributed by atoms with Gasteiger partial charge in [0.05, 0.1) is 24.5 Å². The summed E-state index contributed by atoms with van der Waals surface area (Å²) in [7, 11) is 0. The Morgan fingerprint density at radius 3 is 2.29 bits per heavy atom. The van der Waals surface area contributed by atoms with Crippen LogP contribution in [0.1, 0.15) is 36.8 Å². The van der Waals surface area contributed by atoms with Gasteiger partial charge in [-0.15, -0.1) is 0 Å². The van der Waals surface area contributed by atoms with Crippen molar-refractivity contribution in [3.05, 3.63) is 59.7 Å². The predicted octanol–water partition coefficient (Wildman–Crippen LogP) is 3.16. The summed E-state index contributed by atoms with van der Waals surface area (Å²) in [5.74, 6) is -2.06.